The first kappa shape index (κ1) is 33.5. The molecule has 3 aliphatic rings. The number of amides is 2. The molecule has 0 bridgehead atoms. The van der Waals surface area contributed by atoms with Gasteiger partial charge in [0, 0.05) is 25.7 Å². The van der Waals surface area contributed by atoms with Crippen LogP contribution in [0.1, 0.15) is 114 Å². The third kappa shape index (κ3) is 8.30. The molecule has 46 heavy (non-hydrogen) atoms. The molecule has 0 spiro atoms. The van der Waals surface area contributed by atoms with Crippen LogP contribution in [0.2, 0.25) is 0 Å². The Bertz CT molecular complexity index is 1430. The summed E-state index contributed by atoms with van der Waals surface area (Å²) in [5.74, 6) is 1.98. The highest BCUT2D eigenvalue weighted by molar-refractivity contribution is 6.37. The number of carbonyl (C=O) groups excluding carboxylic acids is 2. The van der Waals surface area contributed by atoms with Crippen LogP contribution in [0, 0.1) is 17.3 Å². The van der Waals surface area contributed by atoms with Crippen LogP contribution in [-0.4, -0.2) is 74.3 Å². The van der Waals surface area contributed by atoms with E-state index in [4.69, 9.17) is 4.99 Å². The zero-order valence-electron chi connectivity index (χ0n) is 28.6. The van der Waals surface area contributed by atoms with Gasteiger partial charge in [-0.25, -0.2) is 0 Å². The van der Waals surface area contributed by atoms with Crippen LogP contribution in [0.4, 0.5) is 0 Å². The van der Waals surface area contributed by atoms with Gasteiger partial charge in [0.05, 0.1) is 18.6 Å². The molecule has 248 valence electrons. The van der Waals surface area contributed by atoms with Crippen LogP contribution in [0.15, 0.2) is 52.6 Å². The maximum absolute atomic E-state index is 14.6. The van der Waals surface area contributed by atoms with Gasteiger partial charge in [-0.3, -0.25) is 14.6 Å². The number of aliphatic imine (C=N–C) groups is 1. The molecule has 2 aliphatic carbocycles. The summed E-state index contributed by atoms with van der Waals surface area (Å²) in [4.78, 5) is 36.8. The topological polar surface area (TPSA) is 119 Å². The lowest BCUT2D eigenvalue weighted by molar-refractivity contribution is -0.126. The average Bonchev–Trinajstić information content (AvgIpc) is 3.72. The van der Waals surface area contributed by atoms with Crippen molar-refractivity contribution in [2.24, 2.45) is 22.2 Å². The van der Waals surface area contributed by atoms with Gasteiger partial charge < -0.3 is 15.1 Å². The zero-order valence-corrected chi connectivity index (χ0v) is 28.6. The molecule has 1 saturated carbocycles. The van der Waals surface area contributed by atoms with E-state index in [0.29, 0.717) is 34.5 Å². The summed E-state index contributed by atoms with van der Waals surface area (Å²) in [5.41, 5.74) is 4.63. The zero-order chi connectivity index (χ0) is 32.8. The molecule has 2 heterocycles. The minimum Gasteiger partial charge on any atom is -0.345 e. The van der Waals surface area contributed by atoms with E-state index in [2.05, 4.69) is 77.6 Å². The number of aromatic amines is 1. The van der Waals surface area contributed by atoms with E-state index in [1.807, 2.05) is 36.2 Å². The lowest BCUT2D eigenvalue weighted by Crippen LogP contribution is -2.45. The van der Waals surface area contributed by atoms with E-state index in [1.165, 1.54) is 11.1 Å². The molecule has 1 aliphatic heterocycles. The first-order chi connectivity index (χ1) is 22.0. The Morgan fingerprint density at radius 2 is 1.83 bits per heavy atom. The van der Waals surface area contributed by atoms with E-state index in [9.17, 15) is 9.59 Å². The van der Waals surface area contributed by atoms with Crippen molar-refractivity contribution < 1.29 is 9.59 Å². The fourth-order valence-corrected chi connectivity index (χ4v) is 7.01. The lowest BCUT2D eigenvalue weighted by Gasteiger charge is -2.37. The van der Waals surface area contributed by atoms with Crippen LogP contribution >= 0.6 is 0 Å². The molecule has 2 amide bonds. The Hall–Kier alpha value is -3.82. The smallest absolute Gasteiger partial charge is 0.289 e. The van der Waals surface area contributed by atoms with Crippen LogP contribution in [0.25, 0.3) is 0 Å². The second-order valence-electron chi connectivity index (χ2n) is 14.8. The minimum absolute atomic E-state index is 0.0162. The molecule has 1 aromatic carbocycles. The fraction of sp³-hybridized carbons (Fsp3) is 0.611. The molecule has 1 atom stereocenters. The van der Waals surface area contributed by atoms with Crippen molar-refractivity contribution in [3.05, 3.63) is 64.5 Å². The van der Waals surface area contributed by atoms with Gasteiger partial charge in [-0.05, 0) is 97.5 Å². The van der Waals surface area contributed by atoms with E-state index in [0.717, 1.165) is 70.0 Å². The van der Waals surface area contributed by atoms with Crippen molar-refractivity contribution in [2.75, 3.05) is 20.1 Å². The Labute approximate surface area is 274 Å². The van der Waals surface area contributed by atoms with Gasteiger partial charge in [-0.1, -0.05) is 64.1 Å². The van der Waals surface area contributed by atoms with Crippen molar-refractivity contribution >= 4 is 17.6 Å². The molecule has 1 fully saturated rings. The predicted octanol–water partition coefficient (Wildman–Crippen LogP) is 6.03. The van der Waals surface area contributed by atoms with Gasteiger partial charge in [-0.15, -0.1) is 10.2 Å². The molecule has 10 nitrogen and oxygen atoms in total. The number of likely N-dealkylation sites (N-methyl/N-ethyl adjacent to an activating group) is 1. The molecule has 5 rings (SSSR count). The summed E-state index contributed by atoms with van der Waals surface area (Å²) >= 11 is 0. The van der Waals surface area contributed by atoms with Crippen molar-refractivity contribution in [1.29, 1.82) is 0 Å². The number of carbonyl (C=O) groups is 2. The molecule has 2 aromatic rings. The largest absolute Gasteiger partial charge is 0.345 e. The molecule has 2 N–H and O–H groups in total. The highest BCUT2D eigenvalue weighted by atomic mass is 16.2. The average molecular weight is 629 g/mol. The van der Waals surface area contributed by atoms with Crippen LogP contribution in [0.5, 0.6) is 0 Å². The monoisotopic (exact) mass is 628 g/mol. The second-order valence-corrected chi connectivity index (χ2v) is 14.8. The van der Waals surface area contributed by atoms with Gasteiger partial charge in [0.1, 0.15) is 0 Å². The normalized spacial score (nSPS) is 21.0. The summed E-state index contributed by atoms with van der Waals surface area (Å²) in [6.07, 6.45) is 12.8. The second kappa shape index (κ2) is 14.7. The Morgan fingerprint density at radius 3 is 2.46 bits per heavy atom. The Morgan fingerprint density at radius 1 is 1.09 bits per heavy atom. The quantitative estimate of drug-likeness (QED) is 0.259. The summed E-state index contributed by atoms with van der Waals surface area (Å²) in [6, 6.07) is 7.63. The van der Waals surface area contributed by atoms with Crippen molar-refractivity contribution in [1.82, 2.24) is 35.7 Å². The number of hydrogen-bond acceptors (Lipinski definition) is 6. The van der Waals surface area contributed by atoms with Crippen molar-refractivity contribution in [3.63, 3.8) is 0 Å². The highest BCUT2D eigenvalue weighted by Crippen LogP contribution is 2.39. The third-order valence-electron chi connectivity index (χ3n) is 10.0. The van der Waals surface area contributed by atoms with Crippen molar-refractivity contribution in [2.45, 2.75) is 105 Å². The number of rotatable bonds is 9. The number of H-pyrrole nitrogens is 1. The summed E-state index contributed by atoms with van der Waals surface area (Å²) in [7, 11) is 1.92. The van der Waals surface area contributed by atoms with Gasteiger partial charge >= 0.3 is 0 Å². The number of nitrogens with zero attached hydrogens (tertiary/aromatic N) is 6. The van der Waals surface area contributed by atoms with E-state index < -0.39 is 0 Å². The Kier molecular flexibility index (Phi) is 10.7. The van der Waals surface area contributed by atoms with E-state index in [-0.39, 0.29) is 30.4 Å². The maximum atomic E-state index is 14.6. The maximum Gasteiger partial charge on any atom is 0.289 e. The predicted molar refractivity (Wildman–Crippen MR) is 181 cm³/mol. The Balaban J connectivity index is 1.36. The molecular weight excluding hydrogens is 576 g/mol. The number of benzene rings is 1. The SMILES string of the molecule is CC(C)CC[C@H](c1ccc(C(=O)NCc2nn[nH]n2)cc1)N(C)C(=O)/C(=N\C1CCC(C(C)(C)C)CC1)N1CC2=C(CCC=C2)C1. The molecule has 10 heteroatoms. The molecule has 0 saturated heterocycles. The summed E-state index contributed by atoms with van der Waals surface area (Å²) < 4.78 is 0. The fourth-order valence-electron chi connectivity index (χ4n) is 7.01. The molecular formula is C36H52N8O2. The van der Waals surface area contributed by atoms with Crippen LogP contribution in [-0.2, 0) is 11.3 Å². The van der Waals surface area contributed by atoms with Crippen LogP contribution < -0.4 is 5.32 Å². The summed E-state index contributed by atoms with van der Waals surface area (Å²) in [5, 5.41) is 16.5. The number of aromatic nitrogens is 4. The highest BCUT2D eigenvalue weighted by Gasteiger charge is 2.35. The standard InChI is InChI=1S/C36H52N8O2/c1-24(2)11-20-31(25-12-14-26(15-13-25)34(45)37-21-32-39-41-42-40-32)43(6)35(46)33(44-22-27-9-7-8-10-28(27)23-44)38-30-18-16-29(17-19-30)36(3,4)5/h7,9,12-15,24,29-31H,8,10-11,16-23H2,1-6H3,(H,37,45)(H,39,40,41,42)/b38-33+/t29?,30?,31-/m1/s1. The van der Waals surface area contributed by atoms with Gasteiger partial charge in [0.2, 0.25) is 0 Å². The van der Waals surface area contributed by atoms with Gasteiger partial charge in [0.15, 0.2) is 11.7 Å². The van der Waals surface area contributed by atoms with Gasteiger partial charge in [-0.2, -0.15) is 5.21 Å². The van der Waals surface area contributed by atoms with Crippen molar-refractivity contribution in [3.8, 4) is 0 Å². The first-order valence-electron chi connectivity index (χ1n) is 17.1. The first-order valence-corrected chi connectivity index (χ1v) is 17.1. The number of nitrogens with one attached hydrogen (secondary N) is 2. The molecule has 1 aromatic heterocycles. The minimum atomic E-state index is -0.213. The van der Waals surface area contributed by atoms with Gasteiger partial charge in [0.25, 0.3) is 11.8 Å². The molecule has 0 unspecified atom stereocenters. The van der Waals surface area contributed by atoms with E-state index in [1.54, 1.807) is 0 Å². The lowest BCUT2D eigenvalue weighted by atomic mass is 9.71. The summed E-state index contributed by atoms with van der Waals surface area (Å²) in [6.45, 7) is 13.2. The van der Waals surface area contributed by atoms with Crippen LogP contribution in [0.3, 0.4) is 0 Å². The number of amidine groups is 1. The van der Waals surface area contributed by atoms with E-state index >= 15 is 0 Å². The molecule has 0 radical (unpaired) electrons. The number of allylic oxidation sites excluding steroid dienone is 1. The third-order valence-corrected chi connectivity index (χ3v) is 10.0. The number of tetrazole rings is 1. The number of hydrogen-bond donors (Lipinski definition) is 2.